The van der Waals surface area contributed by atoms with Crippen LogP contribution in [-0.4, -0.2) is 37.9 Å². The molecular weight excluding hydrogens is 368 g/mol. The molecule has 4 heterocycles. The maximum absolute atomic E-state index is 6.31. The number of nitrogens with one attached hydrogen (secondary N) is 2. The Labute approximate surface area is 167 Å². The summed E-state index contributed by atoms with van der Waals surface area (Å²) in [6.45, 7) is 3.42. The molecule has 4 N–H and O–H groups in total. The number of nitrogen functional groups attached to an aromatic ring is 1. The van der Waals surface area contributed by atoms with Crippen molar-refractivity contribution in [2.45, 2.75) is 6.92 Å². The topological polar surface area (TPSA) is 116 Å². The Morgan fingerprint density at radius 1 is 1.24 bits per heavy atom. The molecule has 0 atom stereocenters. The Morgan fingerprint density at radius 2 is 2.14 bits per heavy atom. The molecule has 5 rings (SSSR count). The van der Waals surface area contributed by atoms with Crippen LogP contribution in [0.5, 0.6) is 5.88 Å². The highest BCUT2D eigenvalue weighted by atomic mass is 16.5. The standard InChI is InChI=1S/C20H20N8O/c1-11-13(9-23-19-18(11)22-4-6-29-19)12-7-15(21)14-10-24-20(25-16(14)8-12)26-17-3-5-28(2)27-17/h3,5,7-10,22H,4,6,21H2,1-2H3,(H,24,25,26,27). The van der Waals surface area contributed by atoms with Crippen LogP contribution in [0.15, 0.2) is 36.8 Å². The van der Waals surface area contributed by atoms with E-state index in [0.29, 0.717) is 29.9 Å². The van der Waals surface area contributed by atoms with Crippen molar-refractivity contribution in [1.82, 2.24) is 24.7 Å². The lowest BCUT2D eigenvalue weighted by Gasteiger charge is -2.21. The van der Waals surface area contributed by atoms with Crippen LogP contribution in [0.1, 0.15) is 5.56 Å². The molecular formula is C20H20N8O. The van der Waals surface area contributed by atoms with Crippen LogP contribution in [0.3, 0.4) is 0 Å². The molecule has 0 spiro atoms. The molecule has 0 fully saturated rings. The maximum Gasteiger partial charge on any atom is 0.237 e. The third kappa shape index (κ3) is 3.06. The van der Waals surface area contributed by atoms with Gasteiger partial charge >= 0.3 is 0 Å². The van der Waals surface area contributed by atoms with E-state index in [1.165, 1.54) is 0 Å². The van der Waals surface area contributed by atoms with Gasteiger partial charge < -0.3 is 21.1 Å². The number of rotatable bonds is 3. The fraction of sp³-hybridized carbons (Fsp3) is 0.200. The number of ether oxygens (including phenoxy) is 1. The van der Waals surface area contributed by atoms with Crippen LogP contribution in [0, 0.1) is 6.92 Å². The van der Waals surface area contributed by atoms with Crippen LogP contribution in [0.25, 0.3) is 22.0 Å². The number of nitrogens with two attached hydrogens (primary N) is 1. The number of benzene rings is 1. The van der Waals surface area contributed by atoms with E-state index in [1.54, 1.807) is 10.9 Å². The Bertz CT molecular complexity index is 1230. The van der Waals surface area contributed by atoms with Gasteiger partial charge in [-0.05, 0) is 30.2 Å². The minimum Gasteiger partial charge on any atom is -0.474 e. The fourth-order valence-electron chi connectivity index (χ4n) is 3.49. The van der Waals surface area contributed by atoms with E-state index in [2.05, 4.69) is 30.7 Å². The summed E-state index contributed by atoms with van der Waals surface area (Å²) in [4.78, 5) is 13.5. The number of hydrogen-bond acceptors (Lipinski definition) is 8. The van der Waals surface area contributed by atoms with E-state index < -0.39 is 0 Å². The summed E-state index contributed by atoms with van der Waals surface area (Å²) in [6, 6.07) is 5.78. The zero-order chi connectivity index (χ0) is 20.0. The number of aryl methyl sites for hydroxylation is 1. The highest BCUT2D eigenvalue weighted by molar-refractivity contribution is 5.95. The number of fused-ring (bicyclic) bond motifs is 2. The van der Waals surface area contributed by atoms with Gasteiger partial charge in [-0.3, -0.25) is 4.68 Å². The molecule has 1 aliphatic rings. The molecule has 4 aromatic rings. The fourth-order valence-corrected chi connectivity index (χ4v) is 3.49. The Morgan fingerprint density at radius 3 is 2.97 bits per heavy atom. The van der Waals surface area contributed by atoms with Crippen LogP contribution < -0.4 is 21.1 Å². The van der Waals surface area contributed by atoms with Crippen molar-refractivity contribution >= 4 is 34.0 Å². The van der Waals surface area contributed by atoms with Crippen LogP contribution in [0.2, 0.25) is 0 Å². The normalized spacial score (nSPS) is 12.9. The molecule has 0 bridgehead atoms. The first-order valence-corrected chi connectivity index (χ1v) is 9.28. The van der Waals surface area contributed by atoms with E-state index in [0.717, 1.165) is 39.8 Å². The summed E-state index contributed by atoms with van der Waals surface area (Å²) < 4.78 is 7.34. The molecule has 0 saturated carbocycles. The van der Waals surface area contributed by atoms with Gasteiger partial charge in [-0.2, -0.15) is 5.10 Å². The third-order valence-electron chi connectivity index (χ3n) is 4.94. The van der Waals surface area contributed by atoms with Gasteiger partial charge in [-0.25, -0.2) is 15.0 Å². The first kappa shape index (κ1) is 17.2. The molecule has 0 saturated heterocycles. The molecule has 1 aromatic carbocycles. The van der Waals surface area contributed by atoms with Crippen LogP contribution >= 0.6 is 0 Å². The van der Waals surface area contributed by atoms with E-state index in [-0.39, 0.29) is 0 Å². The van der Waals surface area contributed by atoms with Gasteiger partial charge in [-0.1, -0.05) is 0 Å². The van der Waals surface area contributed by atoms with E-state index >= 15 is 0 Å². The maximum atomic E-state index is 6.31. The summed E-state index contributed by atoms with van der Waals surface area (Å²) in [7, 11) is 1.86. The second kappa shape index (κ2) is 6.62. The zero-order valence-electron chi connectivity index (χ0n) is 16.1. The molecule has 0 radical (unpaired) electrons. The number of anilines is 4. The van der Waals surface area contributed by atoms with Gasteiger partial charge in [0.05, 0.1) is 5.52 Å². The van der Waals surface area contributed by atoms with E-state index in [4.69, 9.17) is 10.5 Å². The summed E-state index contributed by atoms with van der Waals surface area (Å²) in [5.41, 5.74) is 11.6. The van der Waals surface area contributed by atoms with Crippen LogP contribution in [0.4, 0.5) is 23.1 Å². The molecule has 0 amide bonds. The molecule has 9 heteroatoms. The average molecular weight is 388 g/mol. The molecule has 0 aliphatic carbocycles. The Hall–Kier alpha value is -3.88. The van der Waals surface area contributed by atoms with Crippen molar-refractivity contribution in [2.75, 3.05) is 29.5 Å². The van der Waals surface area contributed by atoms with Gasteiger partial charge in [0.1, 0.15) is 12.3 Å². The summed E-state index contributed by atoms with van der Waals surface area (Å²) in [5.74, 6) is 1.77. The summed E-state index contributed by atoms with van der Waals surface area (Å²) in [5, 5.41) is 11.6. The second-order valence-corrected chi connectivity index (χ2v) is 6.94. The third-order valence-corrected chi connectivity index (χ3v) is 4.94. The van der Waals surface area contributed by atoms with Crippen molar-refractivity contribution in [3.05, 3.63) is 42.4 Å². The molecule has 146 valence electrons. The second-order valence-electron chi connectivity index (χ2n) is 6.94. The molecule has 29 heavy (non-hydrogen) atoms. The zero-order valence-corrected chi connectivity index (χ0v) is 16.1. The molecule has 0 unspecified atom stereocenters. The Kier molecular flexibility index (Phi) is 3.94. The average Bonchev–Trinajstić information content (AvgIpc) is 3.13. The largest absolute Gasteiger partial charge is 0.474 e. The lowest BCUT2D eigenvalue weighted by Crippen LogP contribution is -2.20. The van der Waals surface area contributed by atoms with Gasteiger partial charge in [0.15, 0.2) is 5.82 Å². The molecule has 3 aromatic heterocycles. The SMILES string of the molecule is Cc1c(-c2cc(N)c3cnc(Nc4ccn(C)n4)nc3c2)cnc2c1NCCO2. The van der Waals surface area contributed by atoms with Gasteiger partial charge in [0, 0.05) is 54.9 Å². The van der Waals surface area contributed by atoms with Gasteiger partial charge in [0.25, 0.3) is 0 Å². The van der Waals surface area contributed by atoms with Gasteiger partial charge in [0.2, 0.25) is 11.8 Å². The predicted molar refractivity (Wildman–Crippen MR) is 112 cm³/mol. The van der Waals surface area contributed by atoms with Crippen molar-refractivity contribution in [1.29, 1.82) is 0 Å². The molecule has 1 aliphatic heterocycles. The van der Waals surface area contributed by atoms with Crippen molar-refractivity contribution in [3.63, 3.8) is 0 Å². The quantitative estimate of drug-likeness (QED) is 0.459. The molecule has 9 nitrogen and oxygen atoms in total. The smallest absolute Gasteiger partial charge is 0.237 e. The van der Waals surface area contributed by atoms with Gasteiger partial charge in [-0.15, -0.1) is 0 Å². The number of nitrogens with zero attached hydrogens (tertiary/aromatic N) is 5. The predicted octanol–water partition coefficient (Wildman–Crippen LogP) is 2.86. The highest BCUT2D eigenvalue weighted by Crippen LogP contribution is 2.37. The monoisotopic (exact) mass is 388 g/mol. The number of pyridine rings is 1. The van der Waals surface area contributed by atoms with Crippen molar-refractivity contribution in [2.24, 2.45) is 7.05 Å². The first-order chi connectivity index (χ1) is 14.1. The summed E-state index contributed by atoms with van der Waals surface area (Å²) >= 11 is 0. The van der Waals surface area contributed by atoms with E-state index in [9.17, 15) is 0 Å². The number of hydrogen-bond donors (Lipinski definition) is 3. The van der Waals surface area contributed by atoms with E-state index in [1.807, 2.05) is 44.6 Å². The van der Waals surface area contributed by atoms with Crippen LogP contribution in [-0.2, 0) is 7.05 Å². The first-order valence-electron chi connectivity index (χ1n) is 9.28. The number of aromatic nitrogens is 5. The lowest BCUT2D eigenvalue weighted by atomic mass is 9.99. The highest BCUT2D eigenvalue weighted by Gasteiger charge is 2.18. The van der Waals surface area contributed by atoms with Crippen molar-refractivity contribution < 1.29 is 4.74 Å². The summed E-state index contributed by atoms with van der Waals surface area (Å²) in [6.07, 6.45) is 5.39. The lowest BCUT2D eigenvalue weighted by molar-refractivity contribution is 0.310. The Balaban J connectivity index is 1.58. The van der Waals surface area contributed by atoms with Crippen molar-refractivity contribution in [3.8, 4) is 17.0 Å². The minimum absolute atomic E-state index is 0.461. The minimum atomic E-state index is 0.461.